The first-order valence-corrected chi connectivity index (χ1v) is 5.81. The van der Waals surface area contributed by atoms with E-state index in [1.165, 1.54) is 12.1 Å². The Morgan fingerprint density at radius 2 is 1.63 bits per heavy atom. The molecular weight excluding hydrogens is 242 g/mol. The van der Waals surface area contributed by atoms with Crippen LogP contribution in [-0.2, 0) is 0 Å². The van der Waals surface area contributed by atoms with Crippen LogP contribution in [0.15, 0.2) is 59.4 Å². The highest BCUT2D eigenvalue weighted by Crippen LogP contribution is 2.28. The zero-order chi connectivity index (χ0) is 13.4. The van der Waals surface area contributed by atoms with Crippen LogP contribution in [0.3, 0.4) is 0 Å². The van der Waals surface area contributed by atoms with Crippen molar-refractivity contribution < 1.29 is 10.3 Å². The van der Waals surface area contributed by atoms with Crippen molar-refractivity contribution in [3.8, 4) is 17.0 Å². The Hall–Kier alpha value is -2.75. The molecule has 0 aliphatic carbocycles. The lowest BCUT2D eigenvalue weighted by atomic mass is 10.1. The lowest BCUT2D eigenvalue weighted by Gasteiger charge is -2.11. The zero-order valence-electron chi connectivity index (χ0n) is 9.95. The van der Waals surface area contributed by atoms with Crippen LogP contribution in [0.25, 0.3) is 22.2 Å². The van der Waals surface area contributed by atoms with Crippen LogP contribution in [0, 0.1) is 0 Å². The highest BCUT2D eigenvalue weighted by Gasteiger charge is 2.12. The van der Waals surface area contributed by atoms with Crippen LogP contribution in [0.1, 0.15) is 0 Å². The normalized spacial score (nSPS) is 10.7. The Morgan fingerprint density at radius 3 is 2.42 bits per heavy atom. The van der Waals surface area contributed by atoms with Gasteiger partial charge in [-0.1, -0.05) is 24.3 Å². The fourth-order valence-corrected chi connectivity index (χ4v) is 2.14. The number of rotatable bonds is 1. The van der Waals surface area contributed by atoms with E-state index < -0.39 is 0 Å². The third-order valence-electron chi connectivity index (χ3n) is 3.07. The molecule has 94 valence electrons. The van der Waals surface area contributed by atoms with Gasteiger partial charge in [-0.2, -0.15) is 4.73 Å². The molecule has 0 unspecified atom stereocenters. The van der Waals surface area contributed by atoms with Gasteiger partial charge in [0.15, 0.2) is 5.43 Å². The largest absolute Gasteiger partial charge is 0.507 e. The predicted octanol–water partition coefficient (Wildman–Crippen LogP) is 2.61. The van der Waals surface area contributed by atoms with Gasteiger partial charge in [-0.05, 0) is 24.3 Å². The second-order valence-electron chi connectivity index (χ2n) is 4.24. The topological polar surface area (TPSA) is 62.5 Å². The van der Waals surface area contributed by atoms with Crippen LogP contribution in [0.5, 0.6) is 5.75 Å². The maximum atomic E-state index is 12.0. The van der Waals surface area contributed by atoms with Crippen LogP contribution >= 0.6 is 0 Å². The number of pyridine rings is 1. The summed E-state index contributed by atoms with van der Waals surface area (Å²) < 4.78 is 0.922. The van der Waals surface area contributed by atoms with Crippen molar-refractivity contribution in [3.05, 3.63) is 64.8 Å². The molecule has 0 bridgehead atoms. The maximum absolute atomic E-state index is 12.0. The molecule has 3 aromatic rings. The van der Waals surface area contributed by atoms with Crippen molar-refractivity contribution in [2.24, 2.45) is 0 Å². The molecule has 0 fully saturated rings. The van der Waals surface area contributed by atoms with Crippen molar-refractivity contribution in [2.75, 3.05) is 0 Å². The number of hydrogen-bond acceptors (Lipinski definition) is 3. The highest BCUT2D eigenvalue weighted by atomic mass is 16.5. The summed E-state index contributed by atoms with van der Waals surface area (Å²) in [5.74, 6) is 0.0139. The smallest absolute Gasteiger partial charge is 0.190 e. The van der Waals surface area contributed by atoms with Crippen molar-refractivity contribution in [1.29, 1.82) is 0 Å². The average Bonchev–Trinajstić information content (AvgIpc) is 2.44. The number of phenols is 1. The molecule has 0 amide bonds. The summed E-state index contributed by atoms with van der Waals surface area (Å²) in [5.41, 5.74) is 0.891. The summed E-state index contributed by atoms with van der Waals surface area (Å²) in [5, 5.41) is 20.5. The SMILES string of the molecule is O=c1cc(-c2ccccc2O)n(O)c2ccccc12. The fraction of sp³-hybridized carbons (Fsp3) is 0. The van der Waals surface area contributed by atoms with Gasteiger partial charge in [0.2, 0.25) is 0 Å². The van der Waals surface area contributed by atoms with Gasteiger partial charge in [0, 0.05) is 17.0 Å². The fourth-order valence-electron chi connectivity index (χ4n) is 2.14. The molecule has 0 saturated heterocycles. The van der Waals surface area contributed by atoms with Gasteiger partial charge in [0.1, 0.15) is 5.75 Å². The Bertz CT molecular complexity index is 821. The van der Waals surface area contributed by atoms with E-state index in [0.717, 1.165) is 4.73 Å². The summed E-state index contributed by atoms with van der Waals surface area (Å²) in [6.45, 7) is 0. The summed E-state index contributed by atoms with van der Waals surface area (Å²) in [4.78, 5) is 12.0. The Morgan fingerprint density at radius 1 is 0.947 bits per heavy atom. The summed E-state index contributed by atoms with van der Waals surface area (Å²) in [7, 11) is 0. The van der Waals surface area contributed by atoms with Crippen LogP contribution < -0.4 is 5.43 Å². The van der Waals surface area contributed by atoms with E-state index >= 15 is 0 Å². The number of benzene rings is 2. The van der Waals surface area contributed by atoms with E-state index in [4.69, 9.17) is 0 Å². The minimum absolute atomic E-state index is 0.0139. The summed E-state index contributed by atoms with van der Waals surface area (Å²) >= 11 is 0. The van der Waals surface area contributed by atoms with Gasteiger partial charge in [0.05, 0.1) is 11.2 Å². The molecule has 19 heavy (non-hydrogen) atoms. The monoisotopic (exact) mass is 253 g/mol. The van der Waals surface area contributed by atoms with Gasteiger partial charge in [0.25, 0.3) is 0 Å². The second-order valence-corrected chi connectivity index (χ2v) is 4.24. The van der Waals surface area contributed by atoms with Crippen LogP contribution in [0.2, 0.25) is 0 Å². The molecule has 0 aliphatic rings. The molecule has 4 heteroatoms. The molecule has 4 nitrogen and oxygen atoms in total. The minimum atomic E-state index is -0.195. The van der Waals surface area contributed by atoms with Crippen LogP contribution in [0.4, 0.5) is 0 Å². The van der Waals surface area contributed by atoms with Crippen molar-refractivity contribution >= 4 is 10.9 Å². The Kier molecular flexibility index (Phi) is 2.49. The predicted molar refractivity (Wildman–Crippen MR) is 72.5 cm³/mol. The van der Waals surface area contributed by atoms with Crippen molar-refractivity contribution in [2.45, 2.75) is 0 Å². The molecule has 0 atom stereocenters. The zero-order valence-corrected chi connectivity index (χ0v) is 9.95. The first-order valence-electron chi connectivity index (χ1n) is 5.81. The first-order chi connectivity index (χ1) is 9.18. The van der Waals surface area contributed by atoms with Gasteiger partial charge in [-0.3, -0.25) is 4.79 Å². The molecule has 0 aliphatic heterocycles. The van der Waals surface area contributed by atoms with Crippen LogP contribution in [-0.4, -0.2) is 15.0 Å². The molecule has 1 heterocycles. The number of nitrogens with zero attached hydrogens (tertiary/aromatic N) is 1. The van der Waals surface area contributed by atoms with E-state index in [9.17, 15) is 15.1 Å². The lowest BCUT2D eigenvalue weighted by molar-refractivity contribution is 0.202. The first kappa shape index (κ1) is 11.3. The molecule has 3 rings (SSSR count). The van der Waals surface area contributed by atoms with E-state index in [1.54, 1.807) is 42.5 Å². The maximum Gasteiger partial charge on any atom is 0.190 e. The number of aromatic nitrogens is 1. The van der Waals surface area contributed by atoms with E-state index in [1.807, 2.05) is 0 Å². The van der Waals surface area contributed by atoms with E-state index in [-0.39, 0.29) is 16.9 Å². The molecule has 2 aromatic carbocycles. The average molecular weight is 253 g/mol. The van der Waals surface area contributed by atoms with E-state index in [0.29, 0.717) is 16.5 Å². The Labute approximate surface area is 108 Å². The third kappa shape index (κ3) is 1.74. The third-order valence-corrected chi connectivity index (χ3v) is 3.07. The quantitative estimate of drug-likeness (QED) is 0.655. The van der Waals surface area contributed by atoms with Gasteiger partial charge in [-0.25, -0.2) is 0 Å². The number of aromatic hydroxyl groups is 1. The highest BCUT2D eigenvalue weighted by molar-refractivity contribution is 5.82. The Balaban J connectivity index is 2.41. The molecular formula is C15H11NO3. The molecule has 0 radical (unpaired) electrons. The van der Waals surface area contributed by atoms with Gasteiger partial charge < -0.3 is 10.3 Å². The van der Waals surface area contributed by atoms with Crippen molar-refractivity contribution in [3.63, 3.8) is 0 Å². The van der Waals surface area contributed by atoms with Crippen molar-refractivity contribution in [1.82, 2.24) is 4.73 Å². The van der Waals surface area contributed by atoms with Gasteiger partial charge in [-0.15, -0.1) is 0 Å². The minimum Gasteiger partial charge on any atom is -0.507 e. The van der Waals surface area contributed by atoms with E-state index in [2.05, 4.69) is 0 Å². The lowest BCUT2D eigenvalue weighted by Crippen LogP contribution is -2.09. The summed E-state index contributed by atoms with van der Waals surface area (Å²) in [6, 6.07) is 14.7. The molecule has 2 N–H and O–H groups in total. The summed E-state index contributed by atoms with van der Waals surface area (Å²) in [6.07, 6.45) is 0. The molecule has 0 spiro atoms. The number of fused-ring (bicyclic) bond motifs is 1. The van der Waals surface area contributed by atoms with Gasteiger partial charge >= 0.3 is 0 Å². The molecule has 1 aromatic heterocycles. The number of phenolic OH excluding ortho intramolecular Hbond substituents is 1. The second kappa shape index (κ2) is 4.17. The number of para-hydroxylation sites is 2. The number of hydrogen-bond donors (Lipinski definition) is 2. The standard InChI is InChI=1S/C15H11NO3/c17-14-8-4-2-6-11(14)13-9-15(18)10-5-1-3-7-12(10)16(13)19/h1-9,17,19H. The molecule has 0 saturated carbocycles.